The molecule has 0 saturated heterocycles. The molecule has 0 saturated carbocycles. The highest BCUT2D eigenvalue weighted by Crippen LogP contribution is 2.29. The maximum Gasteiger partial charge on any atom is 0.0305 e. The number of allylic oxidation sites excluding steroid dienone is 3. The van der Waals surface area contributed by atoms with Gasteiger partial charge >= 0.3 is 0 Å². The number of nitrogens with two attached hydrogens (primary N) is 1. The van der Waals surface area contributed by atoms with E-state index in [1.807, 2.05) is 0 Å². The Balaban J connectivity index is 2.82. The van der Waals surface area contributed by atoms with Crippen LogP contribution in [0.2, 0.25) is 0 Å². The van der Waals surface area contributed by atoms with Gasteiger partial charge < -0.3 is 5.73 Å². The molecule has 1 unspecified atom stereocenters. The molecule has 1 aliphatic rings. The van der Waals surface area contributed by atoms with E-state index in [-0.39, 0.29) is 0 Å². The molecule has 1 aliphatic carbocycles. The molecule has 1 heteroatoms. The van der Waals surface area contributed by atoms with Crippen molar-refractivity contribution in [1.82, 2.24) is 0 Å². The van der Waals surface area contributed by atoms with Crippen LogP contribution in [0.1, 0.15) is 34.1 Å². The topological polar surface area (TPSA) is 26.0 Å². The average Bonchev–Trinajstić information content (AvgIpc) is 2.04. The van der Waals surface area contributed by atoms with E-state index < -0.39 is 0 Å². The smallest absolute Gasteiger partial charge is 0.0305 e. The SMILES string of the molecule is CC(C)C1=CC(C(C)C)CC=C1N. The van der Waals surface area contributed by atoms with Crippen LogP contribution < -0.4 is 5.73 Å². The van der Waals surface area contributed by atoms with Crippen LogP contribution in [0.25, 0.3) is 0 Å². The third kappa shape index (κ3) is 2.36. The van der Waals surface area contributed by atoms with E-state index in [2.05, 4.69) is 39.8 Å². The molecule has 13 heavy (non-hydrogen) atoms. The first-order chi connectivity index (χ1) is 6.02. The van der Waals surface area contributed by atoms with E-state index in [1.165, 1.54) is 5.57 Å². The second kappa shape index (κ2) is 3.99. The normalized spacial score (nSPS) is 23.4. The number of hydrogen-bond acceptors (Lipinski definition) is 1. The molecular weight excluding hydrogens is 158 g/mol. The van der Waals surface area contributed by atoms with Crippen LogP contribution in [0.4, 0.5) is 0 Å². The van der Waals surface area contributed by atoms with Crippen molar-refractivity contribution < 1.29 is 0 Å². The fourth-order valence-electron chi connectivity index (χ4n) is 1.77. The summed E-state index contributed by atoms with van der Waals surface area (Å²) in [5.41, 5.74) is 8.27. The zero-order valence-corrected chi connectivity index (χ0v) is 9.17. The van der Waals surface area contributed by atoms with Crippen LogP contribution in [0.15, 0.2) is 23.4 Å². The average molecular weight is 179 g/mol. The number of rotatable bonds is 2. The van der Waals surface area contributed by atoms with Crippen molar-refractivity contribution in [2.45, 2.75) is 34.1 Å². The van der Waals surface area contributed by atoms with Crippen molar-refractivity contribution in [2.24, 2.45) is 23.5 Å². The summed E-state index contributed by atoms with van der Waals surface area (Å²) in [4.78, 5) is 0. The lowest BCUT2D eigenvalue weighted by molar-refractivity contribution is 0.458. The quantitative estimate of drug-likeness (QED) is 0.692. The molecule has 1 nitrogen and oxygen atoms in total. The van der Waals surface area contributed by atoms with Gasteiger partial charge in [0.25, 0.3) is 0 Å². The van der Waals surface area contributed by atoms with E-state index in [9.17, 15) is 0 Å². The van der Waals surface area contributed by atoms with Crippen LogP contribution in [0.5, 0.6) is 0 Å². The van der Waals surface area contributed by atoms with Gasteiger partial charge in [-0.25, -0.2) is 0 Å². The summed E-state index contributed by atoms with van der Waals surface area (Å²) >= 11 is 0. The van der Waals surface area contributed by atoms with Crippen molar-refractivity contribution >= 4 is 0 Å². The molecule has 0 amide bonds. The third-order valence-electron chi connectivity index (χ3n) is 2.82. The minimum Gasteiger partial charge on any atom is -0.399 e. The van der Waals surface area contributed by atoms with Gasteiger partial charge in [0.2, 0.25) is 0 Å². The minimum atomic E-state index is 0.554. The lowest BCUT2D eigenvalue weighted by atomic mass is 9.83. The van der Waals surface area contributed by atoms with Gasteiger partial charge in [-0.1, -0.05) is 39.8 Å². The molecule has 0 bridgehead atoms. The number of hydrogen-bond donors (Lipinski definition) is 1. The summed E-state index contributed by atoms with van der Waals surface area (Å²) in [6, 6.07) is 0. The second-order valence-electron chi connectivity index (χ2n) is 4.58. The fourth-order valence-corrected chi connectivity index (χ4v) is 1.77. The standard InChI is InChI=1S/C12H21N/c1-8(2)10-5-6-12(13)11(7-10)9(3)4/h6-10H,5,13H2,1-4H3. The Bertz CT molecular complexity index is 234. The van der Waals surface area contributed by atoms with Crippen molar-refractivity contribution in [3.8, 4) is 0 Å². The molecule has 74 valence electrons. The Morgan fingerprint density at radius 1 is 1.31 bits per heavy atom. The van der Waals surface area contributed by atoms with Gasteiger partial charge in [0.1, 0.15) is 0 Å². The van der Waals surface area contributed by atoms with Gasteiger partial charge in [0.15, 0.2) is 0 Å². The largest absolute Gasteiger partial charge is 0.399 e. The summed E-state index contributed by atoms with van der Waals surface area (Å²) < 4.78 is 0. The van der Waals surface area contributed by atoms with Gasteiger partial charge in [-0.05, 0) is 29.7 Å². The van der Waals surface area contributed by atoms with Crippen LogP contribution >= 0.6 is 0 Å². The summed E-state index contributed by atoms with van der Waals surface area (Å²) in [6.07, 6.45) is 5.66. The van der Waals surface area contributed by atoms with E-state index in [4.69, 9.17) is 5.73 Å². The third-order valence-corrected chi connectivity index (χ3v) is 2.82. The Morgan fingerprint density at radius 3 is 2.38 bits per heavy atom. The maximum atomic E-state index is 5.94. The zero-order valence-electron chi connectivity index (χ0n) is 9.17. The van der Waals surface area contributed by atoms with Crippen molar-refractivity contribution in [3.05, 3.63) is 23.4 Å². The highest BCUT2D eigenvalue weighted by molar-refractivity contribution is 5.33. The summed E-state index contributed by atoms with van der Waals surface area (Å²) in [7, 11) is 0. The van der Waals surface area contributed by atoms with Crippen LogP contribution in [-0.4, -0.2) is 0 Å². The Hall–Kier alpha value is -0.720. The van der Waals surface area contributed by atoms with Crippen LogP contribution in [0, 0.1) is 17.8 Å². The fraction of sp³-hybridized carbons (Fsp3) is 0.667. The first-order valence-electron chi connectivity index (χ1n) is 5.20. The van der Waals surface area contributed by atoms with Crippen molar-refractivity contribution in [2.75, 3.05) is 0 Å². The minimum absolute atomic E-state index is 0.554. The molecule has 0 fully saturated rings. The summed E-state index contributed by atoms with van der Waals surface area (Å²) in [5, 5.41) is 0. The monoisotopic (exact) mass is 179 g/mol. The summed E-state index contributed by atoms with van der Waals surface area (Å²) in [6.45, 7) is 8.95. The van der Waals surface area contributed by atoms with Crippen LogP contribution in [-0.2, 0) is 0 Å². The highest BCUT2D eigenvalue weighted by Gasteiger charge is 2.17. The molecule has 0 spiro atoms. The molecule has 0 radical (unpaired) electrons. The molecule has 0 aliphatic heterocycles. The van der Waals surface area contributed by atoms with E-state index >= 15 is 0 Å². The Kier molecular flexibility index (Phi) is 3.18. The first kappa shape index (κ1) is 10.4. The second-order valence-corrected chi connectivity index (χ2v) is 4.58. The Morgan fingerprint density at radius 2 is 1.92 bits per heavy atom. The molecule has 0 aromatic rings. The lowest BCUT2D eigenvalue weighted by Crippen LogP contribution is -2.16. The van der Waals surface area contributed by atoms with Gasteiger partial charge in [0, 0.05) is 5.70 Å². The Labute approximate surface area is 81.7 Å². The van der Waals surface area contributed by atoms with E-state index in [1.54, 1.807) is 0 Å². The first-order valence-corrected chi connectivity index (χ1v) is 5.20. The lowest BCUT2D eigenvalue weighted by Gasteiger charge is -2.24. The van der Waals surface area contributed by atoms with Crippen molar-refractivity contribution in [3.63, 3.8) is 0 Å². The molecule has 1 atom stereocenters. The predicted molar refractivity (Wildman–Crippen MR) is 58.1 cm³/mol. The predicted octanol–water partition coefficient (Wildman–Crippen LogP) is 3.09. The maximum absolute atomic E-state index is 5.94. The molecule has 0 aromatic carbocycles. The molecule has 1 rings (SSSR count). The highest BCUT2D eigenvalue weighted by atomic mass is 14.6. The van der Waals surface area contributed by atoms with Crippen LogP contribution in [0.3, 0.4) is 0 Å². The molecular formula is C12H21N. The van der Waals surface area contributed by atoms with Gasteiger partial charge in [-0.15, -0.1) is 0 Å². The molecule has 0 heterocycles. The van der Waals surface area contributed by atoms with E-state index in [0.717, 1.165) is 18.0 Å². The van der Waals surface area contributed by atoms with Gasteiger partial charge in [0.05, 0.1) is 0 Å². The molecule has 0 aromatic heterocycles. The van der Waals surface area contributed by atoms with Gasteiger partial charge in [-0.2, -0.15) is 0 Å². The van der Waals surface area contributed by atoms with Gasteiger partial charge in [-0.3, -0.25) is 0 Å². The van der Waals surface area contributed by atoms with Crippen molar-refractivity contribution in [1.29, 1.82) is 0 Å². The summed E-state index contributed by atoms with van der Waals surface area (Å²) in [5.74, 6) is 1.96. The zero-order chi connectivity index (χ0) is 10.0. The molecule has 2 N–H and O–H groups in total. The van der Waals surface area contributed by atoms with E-state index in [0.29, 0.717) is 11.8 Å².